The molecule has 32 heavy (non-hydrogen) atoms. The summed E-state index contributed by atoms with van der Waals surface area (Å²) in [5, 5.41) is 6.86. The Morgan fingerprint density at radius 3 is 1.25 bits per heavy atom. The van der Waals surface area contributed by atoms with Crippen molar-refractivity contribution < 1.29 is 0 Å². The molecule has 2 rings (SSSR count). The highest BCUT2D eigenvalue weighted by Crippen LogP contribution is 2.22. The molecule has 174 valence electrons. The molecule has 0 amide bonds. The van der Waals surface area contributed by atoms with E-state index in [1.54, 1.807) is 0 Å². The van der Waals surface area contributed by atoms with E-state index < -0.39 is 0 Å². The van der Waals surface area contributed by atoms with Crippen molar-refractivity contribution in [3.63, 3.8) is 0 Å². The number of unbranched alkanes of at least 4 members (excludes halogenated alkanes) is 2. The first-order valence-corrected chi connectivity index (χ1v) is 12.5. The monoisotopic (exact) mass is 434 g/mol. The maximum atomic E-state index is 5.07. The van der Waals surface area contributed by atoms with E-state index in [1.165, 1.54) is 0 Å². The van der Waals surface area contributed by atoms with E-state index in [1.807, 2.05) is 0 Å². The van der Waals surface area contributed by atoms with Gasteiger partial charge in [-0.2, -0.15) is 0 Å². The van der Waals surface area contributed by atoms with E-state index >= 15 is 0 Å². The Bertz CT molecular complexity index is 748. The zero-order valence-electron chi connectivity index (χ0n) is 20.6. The van der Waals surface area contributed by atoms with Gasteiger partial charge < -0.3 is 10.6 Å². The molecule has 2 aromatic rings. The van der Waals surface area contributed by atoms with E-state index in [-0.39, 0.29) is 0 Å². The van der Waals surface area contributed by atoms with Gasteiger partial charge in [0.2, 0.25) is 0 Å². The lowest BCUT2D eigenvalue weighted by atomic mass is 10.0. The van der Waals surface area contributed by atoms with Crippen molar-refractivity contribution in [3.05, 3.63) is 48.5 Å². The van der Waals surface area contributed by atoms with Gasteiger partial charge >= 0.3 is 0 Å². The van der Waals surface area contributed by atoms with Crippen LogP contribution in [0.2, 0.25) is 0 Å². The molecule has 0 spiro atoms. The quantitative estimate of drug-likeness (QED) is 0.276. The van der Waals surface area contributed by atoms with Gasteiger partial charge in [0.05, 0.1) is 22.8 Å². The maximum absolute atomic E-state index is 5.07. The number of rotatable bonds is 15. The van der Waals surface area contributed by atoms with Crippen molar-refractivity contribution in [3.8, 4) is 0 Å². The van der Waals surface area contributed by atoms with Gasteiger partial charge in [-0.1, -0.05) is 40.5 Å². The van der Waals surface area contributed by atoms with Crippen LogP contribution in [0.3, 0.4) is 0 Å². The molecule has 0 fully saturated rings. The molecule has 4 heteroatoms. The molecule has 0 saturated carbocycles. The molecule has 0 aliphatic carbocycles. The number of aliphatic imine (C=N–C) groups is 2. The number of nitrogens with zero attached hydrogens (tertiary/aromatic N) is 2. The SMILES string of the molecule is CCCCC(=Nc1ccc(NCCC)cc1)C(CCCC)=Nc1ccc(NCCC)cc1. The van der Waals surface area contributed by atoms with Crippen LogP contribution >= 0.6 is 0 Å². The van der Waals surface area contributed by atoms with Gasteiger partial charge in [0.15, 0.2) is 0 Å². The fraction of sp³-hybridized carbons (Fsp3) is 0.500. The zero-order valence-corrected chi connectivity index (χ0v) is 20.6. The smallest absolute Gasteiger partial charge is 0.0635 e. The van der Waals surface area contributed by atoms with E-state index in [4.69, 9.17) is 9.98 Å². The first kappa shape index (κ1) is 25.6. The van der Waals surface area contributed by atoms with Crippen molar-refractivity contribution in [1.82, 2.24) is 0 Å². The molecular weight excluding hydrogens is 392 g/mol. The second kappa shape index (κ2) is 15.2. The largest absolute Gasteiger partial charge is 0.385 e. The third kappa shape index (κ3) is 9.25. The number of hydrogen-bond acceptors (Lipinski definition) is 4. The predicted octanol–water partition coefficient (Wildman–Crippen LogP) is 8.56. The van der Waals surface area contributed by atoms with Crippen LogP contribution in [0.25, 0.3) is 0 Å². The highest BCUT2D eigenvalue weighted by Gasteiger charge is 2.10. The molecule has 0 radical (unpaired) electrons. The second-order valence-electron chi connectivity index (χ2n) is 8.27. The van der Waals surface area contributed by atoms with Crippen LogP contribution in [-0.4, -0.2) is 24.5 Å². The van der Waals surface area contributed by atoms with Gasteiger partial charge in [-0.05, 0) is 87.1 Å². The van der Waals surface area contributed by atoms with E-state index in [9.17, 15) is 0 Å². The lowest BCUT2D eigenvalue weighted by molar-refractivity contribution is 0.824. The summed E-state index contributed by atoms with van der Waals surface area (Å²) >= 11 is 0. The predicted molar refractivity (Wildman–Crippen MR) is 144 cm³/mol. The molecule has 0 aromatic heterocycles. The molecular formula is C28H42N4. The summed E-state index contributed by atoms with van der Waals surface area (Å²) in [6.07, 6.45) is 8.72. The summed E-state index contributed by atoms with van der Waals surface area (Å²) in [4.78, 5) is 10.1. The van der Waals surface area contributed by atoms with Crippen LogP contribution in [0.15, 0.2) is 58.5 Å². The minimum absolute atomic E-state index is 0.963. The standard InChI is InChI=1S/C28H42N4/c1-5-9-11-27(31-25-17-13-23(14-18-25)29-21-7-3)28(12-10-6-2)32-26-19-15-24(16-20-26)30-22-8-4/h13-20,29-30H,5-12,21-22H2,1-4H3. The molecule has 0 heterocycles. The average Bonchev–Trinajstić information content (AvgIpc) is 2.83. The van der Waals surface area contributed by atoms with Gasteiger partial charge in [0.25, 0.3) is 0 Å². The highest BCUT2D eigenvalue weighted by molar-refractivity contribution is 6.43. The molecule has 4 nitrogen and oxygen atoms in total. The maximum Gasteiger partial charge on any atom is 0.0635 e. The second-order valence-corrected chi connectivity index (χ2v) is 8.27. The molecule has 0 unspecified atom stereocenters. The topological polar surface area (TPSA) is 48.8 Å². The third-order valence-corrected chi connectivity index (χ3v) is 5.29. The Balaban J connectivity index is 2.30. The van der Waals surface area contributed by atoms with Crippen molar-refractivity contribution in [2.24, 2.45) is 9.98 Å². The average molecular weight is 435 g/mol. The van der Waals surface area contributed by atoms with Gasteiger partial charge in [0, 0.05) is 24.5 Å². The summed E-state index contributed by atoms with van der Waals surface area (Å²) in [5.41, 5.74) is 6.56. The fourth-order valence-corrected chi connectivity index (χ4v) is 3.38. The first-order chi connectivity index (χ1) is 15.7. The van der Waals surface area contributed by atoms with Crippen LogP contribution in [0, 0.1) is 0 Å². The summed E-state index contributed by atoms with van der Waals surface area (Å²) in [7, 11) is 0. The Hall–Kier alpha value is -2.62. The first-order valence-electron chi connectivity index (χ1n) is 12.5. The van der Waals surface area contributed by atoms with Crippen LogP contribution in [-0.2, 0) is 0 Å². The van der Waals surface area contributed by atoms with E-state index in [0.29, 0.717) is 0 Å². The van der Waals surface area contributed by atoms with Crippen molar-refractivity contribution in [1.29, 1.82) is 0 Å². The lowest BCUT2D eigenvalue weighted by Gasteiger charge is -2.12. The molecule has 0 aliphatic heterocycles. The van der Waals surface area contributed by atoms with Gasteiger partial charge in [-0.15, -0.1) is 0 Å². The van der Waals surface area contributed by atoms with Crippen molar-refractivity contribution in [2.75, 3.05) is 23.7 Å². The lowest BCUT2D eigenvalue weighted by Crippen LogP contribution is -2.14. The Labute approximate surface area is 195 Å². The Morgan fingerprint density at radius 1 is 0.562 bits per heavy atom. The molecule has 2 N–H and O–H groups in total. The minimum atomic E-state index is 0.963. The third-order valence-electron chi connectivity index (χ3n) is 5.29. The number of hydrogen-bond donors (Lipinski definition) is 2. The van der Waals surface area contributed by atoms with Crippen LogP contribution in [0.5, 0.6) is 0 Å². The molecule has 0 aliphatic rings. The summed E-state index contributed by atoms with van der Waals surface area (Å²) in [5.74, 6) is 0. The van der Waals surface area contributed by atoms with Crippen molar-refractivity contribution in [2.45, 2.75) is 79.1 Å². The van der Waals surface area contributed by atoms with Crippen molar-refractivity contribution >= 4 is 34.2 Å². The normalized spacial score (nSPS) is 12.1. The van der Waals surface area contributed by atoms with E-state index in [0.717, 1.165) is 98.6 Å². The Kier molecular flexibility index (Phi) is 12.2. The van der Waals surface area contributed by atoms with Crippen LogP contribution in [0.4, 0.5) is 22.7 Å². The Morgan fingerprint density at radius 2 is 0.938 bits per heavy atom. The number of nitrogens with one attached hydrogen (secondary N) is 2. The molecule has 0 atom stereocenters. The summed E-state index contributed by atoms with van der Waals surface area (Å²) in [6.45, 7) is 10.8. The fourth-order valence-electron chi connectivity index (χ4n) is 3.38. The van der Waals surface area contributed by atoms with Crippen LogP contribution < -0.4 is 10.6 Å². The van der Waals surface area contributed by atoms with Gasteiger partial charge in [0.1, 0.15) is 0 Å². The van der Waals surface area contributed by atoms with Gasteiger partial charge in [-0.25, -0.2) is 0 Å². The molecule has 0 bridgehead atoms. The minimum Gasteiger partial charge on any atom is -0.385 e. The van der Waals surface area contributed by atoms with Gasteiger partial charge in [-0.3, -0.25) is 9.98 Å². The van der Waals surface area contributed by atoms with Crippen LogP contribution in [0.1, 0.15) is 79.1 Å². The molecule has 0 saturated heterocycles. The summed E-state index contributed by atoms with van der Waals surface area (Å²) in [6, 6.07) is 16.9. The molecule has 2 aromatic carbocycles. The number of benzene rings is 2. The highest BCUT2D eigenvalue weighted by atomic mass is 14.9. The van der Waals surface area contributed by atoms with E-state index in [2.05, 4.69) is 86.9 Å². The summed E-state index contributed by atoms with van der Waals surface area (Å²) < 4.78 is 0. The zero-order chi connectivity index (χ0) is 23.0. The number of anilines is 2.